The number of ether oxygens (including phenoxy) is 1. The summed E-state index contributed by atoms with van der Waals surface area (Å²) in [5, 5.41) is 4.95. The van der Waals surface area contributed by atoms with Crippen molar-refractivity contribution in [1.29, 1.82) is 0 Å². The number of rotatable bonds is 5. The molecule has 1 fully saturated rings. The zero-order chi connectivity index (χ0) is 17.0. The first-order valence-corrected chi connectivity index (χ1v) is 10.1. The first-order chi connectivity index (χ1) is 10.8. The molecule has 7 nitrogen and oxygen atoms in total. The van der Waals surface area contributed by atoms with Crippen molar-refractivity contribution in [3.8, 4) is 0 Å². The number of amides is 1. The minimum atomic E-state index is -3.21. The summed E-state index contributed by atoms with van der Waals surface area (Å²) in [6.45, 7) is 2.67. The Hall–Kier alpha value is -1.45. The maximum atomic E-state index is 12.3. The zero-order valence-corrected chi connectivity index (χ0v) is 14.7. The molecule has 0 aromatic carbocycles. The minimum Gasteiger partial charge on any atom is -0.462 e. The van der Waals surface area contributed by atoms with Crippen molar-refractivity contribution < 1.29 is 22.7 Å². The molecule has 1 aromatic rings. The van der Waals surface area contributed by atoms with Crippen molar-refractivity contribution in [1.82, 2.24) is 4.31 Å². The van der Waals surface area contributed by atoms with E-state index < -0.39 is 16.0 Å². The molecule has 0 saturated carbocycles. The van der Waals surface area contributed by atoms with Gasteiger partial charge in [-0.25, -0.2) is 17.5 Å². The SMILES string of the molecule is CCOC(=O)c1ccsc1NC(=O)C1CCN(S(C)(=O)=O)CC1. The van der Waals surface area contributed by atoms with E-state index in [-0.39, 0.29) is 18.4 Å². The second-order valence-corrected chi connectivity index (χ2v) is 8.21. The quantitative estimate of drug-likeness (QED) is 0.804. The molecule has 0 spiro atoms. The predicted octanol–water partition coefficient (Wildman–Crippen LogP) is 1.53. The average molecular weight is 360 g/mol. The predicted molar refractivity (Wildman–Crippen MR) is 88.0 cm³/mol. The van der Waals surface area contributed by atoms with Crippen molar-refractivity contribution in [2.45, 2.75) is 19.8 Å². The molecule has 1 N–H and O–H groups in total. The van der Waals surface area contributed by atoms with Crippen LogP contribution >= 0.6 is 11.3 Å². The molecule has 9 heteroatoms. The van der Waals surface area contributed by atoms with Crippen LogP contribution < -0.4 is 5.32 Å². The van der Waals surface area contributed by atoms with E-state index in [9.17, 15) is 18.0 Å². The lowest BCUT2D eigenvalue weighted by Gasteiger charge is -2.29. The van der Waals surface area contributed by atoms with Crippen molar-refractivity contribution >= 4 is 38.2 Å². The average Bonchev–Trinajstić information content (AvgIpc) is 2.95. The molecule has 1 aliphatic heterocycles. The third-order valence-electron chi connectivity index (χ3n) is 3.69. The van der Waals surface area contributed by atoms with Crippen LogP contribution in [-0.2, 0) is 19.6 Å². The number of hydrogen-bond donors (Lipinski definition) is 1. The van der Waals surface area contributed by atoms with Gasteiger partial charge in [-0.15, -0.1) is 11.3 Å². The van der Waals surface area contributed by atoms with Gasteiger partial charge in [0.05, 0.1) is 18.4 Å². The monoisotopic (exact) mass is 360 g/mol. The highest BCUT2D eigenvalue weighted by Crippen LogP contribution is 2.27. The zero-order valence-electron chi connectivity index (χ0n) is 13.1. The van der Waals surface area contributed by atoms with Gasteiger partial charge in [0.2, 0.25) is 15.9 Å². The van der Waals surface area contributed by atoms with Gasteiger partial charge in [0.25, 0.3) is 0 Å². The molecule has 1 aromatic heterocycles. The number of sulfonamides is 1. The summed E-state index contributed by atoms with van der Waals surface area (Å²) < 4.78 is 29.3. The maximum absolute atomic E-state index is 12.3. The lowest BCUT2D eigenvalue weighted by molar-refractivity contribution is -0.120. The van der Waals surface area contributed by atoms with Crippen molar-refractivity contribution in [2.75, 3.05) is 31.3 Å². The number of nitrogens with one attached hydrogen (secondary N) is 1. The maximum Gasteiger partial charge on any atom is 0.341 e. The summed E-state index contributed by atoms with van der Waals surface area (Å²) in [7, 11) is -3.21. The first kappa shape index (κ1) is 17.9. The van der Waals surface area contributed by atoms with Crippen LogP contribution in [0.15, 0.2) is 11.4 Å². The van der Waals surface area contributed by atoms with Gasteiger partial charge in [0.1, 0.15) is 5.00 Å². The normalized spacial score (nSPS) is 17.0. The van der Waals surface area contributed by atoms with Gasteiger partial charge in [-0.2, -0.15) is 0 Å². The fourth-order valence-electron chi connectivity index (χ4n) is 2.44. The van der Waals surface area contributed by atoms with E-state index >= 15 is 0 Å². The van der Waals surface area contributed by atoms with E-state index in [1.807, 2.05) is 0 Å². The Morgan fingerprint density at radius 2 is 2.04 bits per heavy atom. The first-order valence-electron chi connectivity index (χ1n) is 7.33. The standard InChI is InChI=1S/C14H20N2O5S2/c1-3-21-14(18)11-6-9-22-13(11)15-12(17)10-4-7-16(8-5-10)23(2,19)20/h6,9-10H,3-5,7-8H2,1-2H3,(H,15,17). The summed E-state index contributed by atoms with van der Waals surface area (Å²) in [6.07, 6.45) is 2.11. The van der Waals surface area contributed by atoms with E-state index in [1.54, 1.807) is 18.4 Å². The van der Waals surface area contributed by atoms with Crippen molar-refractivity contribution in [2.24, 2.45) is 5.92 Å². The number of thiophene rings is 1. The fourth-order valence-corrected chi connectivity index (χ4v) is 4.09. The molecule has 2 heterocycles. The fraction of sp³-hybridized carbons (Fsp3) is 0.571. The summed E-state index contributed by atoms with van der Waals surface area (Å²) >= 11 is 1.26. The summed E-state index contributed by atoms with van der Waals surface area (Å²) in [4.78, 5) is 24.1. The third-order valence-corrected chi connectivity index (χ3v) is 5.82. The molecule has 0 unspecified atom stereocenters. The molecule has 0 bridgehead atoms. The number of anilines is 1. The van der Waals surface area contributed by atoms with Crippen LogP contribution in [0.2, 0.25) is 0 Å². The molecule has 1 saturated heterocycles. The third kappa shape index (κ3) is 4.52. The van der Waals surface area contributed by atoms with Gasteiger partial charge < -0.3 is 10.1 Å². The molecular formula is C14H20N2O5S2. The number of hydrogen-bond acceptors (Lipinski definition) is 6. The van der Waals surface area contributed by atoms with Crippen LogP contribution in [0.4, 0.5) is 5.00 Å². The second kappa shape index (κ2) is 7.41. The Morgan fingerprint density at radius 3 is 2.61 bits per heavy atom. The van der Waals surface area contributed by atoms with Gasteiger partial charge in [-0.1, -0.05) is 0 Å². The number of carbonyl (C=O) groups excluding carboxylic acids is 2. The number of carbonyl (C=O) groups is 2. The van der Waals surface area contributed by atoms with Crippen molar-refractivity contribution in [3.05, 3.63) is 17.0 Å². The lowest BCUT2D eigenvalue weighted by Crippen LogP contribution is -2.40. The highest BCUT2D eigenvalue weighted by molar-refractivity contribution is 7.88. The Bertz CT molecular complexity index is 675. The summed E-state index contributed by atoms with van der Waals surface area (Å²) in [6, 6.07) is 1.62. The van der Waals surface area contributed by atoms with Crippen LogP contribution in [0.25, 0.3) is 0 Å². The highest BCUT2D eigenvalue weighted by atomic mass is 32.2. The molecule has 0 radical (unpaired) electrons. The molecule has 2 rings (SSSR count). The summed E-state index contributed by atoms with van der Waals surface area (Å²) in [5.41, 5.74) is 0.346. The Morgan fingerprint density at radius 1 is 1.39 bits per heavy atom. The van der Waals surface area contributed by atoms with Crippen molar-refractivity contribution in [3.63, 3.8) is 0 Å². The Kier molecular flexibility index (Phi) is 5.77. The van der Waals surface area contributed by atoms with Gasteiger partial charge >= 0.3 is 5.97 Å². The van der Waals surface area contributed by atoms with E-state index in [0.29, 0.717) is 36.5 Å². The van der Waals surface area contributed by atoms with Gasteiger partial charge in [-0.05, 0) is 31.2 Å². The van der Waals surface area contributed by atoms with E-state index in [0.717, 1.165) is 0 Å². The van der Waals surface area contributed by atoms with Crippen LogP contribution in [0.1, 0.15) is 30.1 Å². The van der Waals surface area contributed by atoms with Crippen LogP contribution in [0.5, 0.6) is 0 Å². The highest BCUT2D eigenvalue weighted by Gasteiger charge is 2.29. The van der Waals surface area contributed by atoms with E-state index in [1.165, 1.54) is 21.9 Å². The number of esters is 1. The Balaban J connectivity index is 1.96. The van der Waals surface area contributed by atoms with Crippen LogP contribution in [0, 0.1) is 5.92 Å². The smallest absolute Gasteiger partial charge is 0.341 e. The van der Waals surface area contributed by atoms with Crippen LogP contribution in [-0.4, -0.2) is 50.6 Å². The molecular weight excluding hydrogens is 340 g/mol. The van der Waals surface area contributed by atoms with Gasteiger partial charge in [0.15, 0.2) is 0 Å². The number of nitrogens with zero attached hydrogens (tertiary/aromatic N) is 1. The molecule has 128 valence electrons. The lowest BCUT2D eigenvalue weighted by atomic mass is 9.97. The molecule has 1 amide bonds. The minimum absolute atomic E-state index is 0.189. The molecule has 0 atom stereocenters. The van der Waals surface area contributed by atoms with Gasteiger partial charge in [0, 0.05) is 19.0 Å². The second-order valence-electron chi connectivity index (χ2n) is 5.31. The largest absolute Gasteiger partial charge is 0.462 e. The summed E-state index contributed by atoms with van der Waals surface area (Å²) in [5.74, 6) is -0.910. The van der Waals surface area contributed by atoms with Crippen LogP contribution in [0.3, 0.4) is 0 Å². The Labute approximate surface area is 139 Å². The topological polar surface area (TPSA) is 92.8 Å². The number of piperidine rings is 1. The van der Waals surface area contributed by atoms with Gasteiger partial charge in [-0.3, -0.25) is 4.79 Å². The molecule has 23 heavy (non-hydrogen) atoms. The molecule has 1 aliphatic rings. The van der Waals surface area contributed by atoms with E-state index in [2.05, 4.69) is 5.32 Å². The molecule has 0 aliphatic carbocycles. The van der Waals surface area contributed by atoms with E-state index in [4.69, 9.17) is 4.74 Å².